The largest absolute Gasteiger partial charge is 0.256 e. The lowest BCUT2D eigenvalue weighted by molar-refractivity contribution is -0.704. The summed E-state index contributed by atoms with van der Waals surface area (Å²) in [6.45, 7) is 6.80. The van der Waals surface area contributed by atoms with Crippen LogP contribution in [-0.2, 0) is 19.5 Å². The zero-order valence-corrected chi connectivity index (χ0v) is 27.7. The third-order valence-corrected chi connectivity index (χ3v) is 9.04. The second-order valence-corrected chi connectivity index (χ2v) is 12.9. The fourth-order valence-corrected chi connectivity index (χ4v) is 6.34. The fourth-order valence-electron chi connectivity index (χ4n) is 6.34. The molecule has 0 saturated heterocycles. The summed E-state index contributed by atoms with van der Waals surface area (Å²) in [5.41, 5.74) is 1.41. The molecule has 0 spiro atoms. The van der Waals surface area contributed by atoms with Gasteiger partial charge in [-0.1, -0.05) is 185 Å². The first-order chi connectivity index (χ1) is 20.3. The van der Waals surface area contributed by atoms with Crippen molar-refractivity contribution in [3.63, 3.8) is 0 Å². The molecule has 0 aliphatic carbocycles. The molecule has 41 heavy (non-hydrogen) atoms. The maximum atomic E-state index is 2.58. The monoisotopic (exact) mass is 566 g/mol. The summed E-state index contributed by atoms with van der Waals surface area (Å²) in [6.07, 6.45) is 41.5. The zero-order chi connectivity index (χ0) is 29.1. The number of nitrogens with zero attached hydrogens (tertiary/aromatic N) is 2. The Kier molecular flexibility index (Phi) is 22.7. The van der Waals surface area contributed by atoms with Crippen LogP contribution in [0.3, 0.4) is 0 Å². The summed E-state index contributed by atoms with van der Waals surface area (Å²) >= 11 is 0. The highest BCUT2D eigenvalue weighted by Gasteiger charge is 2.17. The van der Waals surface area contributed by atoms with Crippen molar-refractivity contribution in [3.05, 3.63) is 54.1 Å². The van der Waals surface area contributed by atoms with Gasteiger partial charge in [-0.3, -0.25) is 0 Å². The first kappa shape index (κ1) is 35.6. The molecule has 0 amide bonds. The molecule has 2 nitrogen and oxygen atoms in total. The van der Waals surface area contributed by atoms with Crippen molar-refractivity contribution in [3.8, 4) is 0 Å². The molecule has 0 aliphatic rings. The SMILES string of the molecule is CCCCCCCCCCCCCCCCCC[n+]1ccn(Cc2ccccc2)c1CCCCCCCCCCC. The van der Waals surface area contributed by atoms with E-state index in [1.165, 1.54) is 185 Å². The molecule has 1 aromatic heterocycles. The predicted molar refractivity (Wildman–Crippen MR) is 181 cm³/mol. The maximum Gasteiger partial charge on any atom is 0.256 e. The Hall–Kier alpha value is -1.57. The average Bonchev–Trinajstić information content (AvgIpc) is 3.37. The minimum atomic E-state index is 1.000. The van der Waals surface area contributed by atoms with E-state index >= 15 is 0 Å². The van der Waals surface area contributed by atoms with Crippen molar-refractivity contribution in [1.82, 2.24) is 4.57 Å². The topological polar surface area (TPSA) is 8.81 Å². The number of hydrogen-bond acceptors (Lipinski definition) is 0. The van der Waals surface area contributed by atoms with Crippen LogP contribution in [-0.4, -0.2) is 4.57 Å². The van der Waals surface area contributed by atoms with Crippen molar-refractivity contribution >= 4 is 0 Å². The molecule has 0 atom stereocenters. The summed E-state index contributed by atoms with van der Waals surface area (Å²) in [5.74, 6) is 1.54. The number of aromatic nitrogens is 2. The highest BCUT2D eigenvalue weighted by molar-refractivity contribution is 5.15. The smallest absolute Gasteiger partial charge is 0.234 e. The molecule has 0 saturated carbocycles. The minimum absolute atomic E-state index is 1.000. The Morgan fingerprint density at radius 3 is 1.37 bits per heavy atom. The van der Waals surface area contributed by atoms with Gasteiger partial charge in [-0.05, 0) is 24.8 Å². The fraction of sp³-hybridized carbons (Fsp3) is 0.769. The number of hydrogen-bond donors (Lipinski definition) is 0. The number of imidazole rings is 1. The second-order valence-electron chi connectivity index (χ2n) is 12.9. The molecular formula is C39H69N2+. The van der Waals surface area contributed by atoms with E-state index in [4.69, 9.17) is 0 Å². The maximum absolute atomic E-state index is 2.58. The lowest BCUT2D eigenvalue weighted by atomic mass is 10.0. The van der Waals surface area contributed by atoms with Gasteiger partial charge in [0.15, 0.2) is 0 Å². The number of rotatable bonds is 29. The molecule has 1 aromatic carbocycles. The summed E-state index contributed by atoms with van der Waals surface area (Å²) in [6, 6.07) is 11.0. The van der Waals surface area contributed by atoms with E-state index in [2.05, 4.69) is 65.7 Å². The average molecular weight is 566 g/mol. The highest BCUT2D eigenvalue weighted by Crippen LogP contribution is 2.15. The van der Waals surface area contributed by atoms with E-state index in [0.717, 1.165) is 6.54 Å². The van der Waals surface area contributed by atoms with Gasteiger partial charge in [-0.15, -0.1) is 0 Å². The molecule has 2 rings (SSSR count). The van der Waals surface area contributed by atoms with Crippen LogP contribution in [0, 0.1) is 0 Å². The summed E-state index contributed by atoms with van der Waals surface area (Å²) in [5, 5.41) is 0. The lowest BCUT2D eigenvalue weighted by Crippen LogP contribution is -2.37. The second kappa shape index (κ2) is 26.1. The number of unbranched alkanes of at least 4 members (excludes halogenated alkanes) is 23. The van der Waals surface area contributed by atoms with Gasteiger partial charge in [0, 0.05) is 6.42 Å². The first-order valence-corrected chi connectivity index (χ1v) is 18.5. The van der Waals surface area contributed by atoms with Gasteiger partial charge in [-0.2, -0.15) is 0 Å². The molecule has 2 heteroatoms. The molecule has 1 heterocycles. The Morgan fingerprint density at radius 2 is 0.902 bits per heavy atom. The number of benzene rings is 1. The molecule has 234 valence electrons. The van der Waals surface area contributed by atoms with E-state index < -0.39 is 0 Å². The minimum Gasteiger partial charge on any atom is -0.234 e. The first-order valence-electron chi connectivity index (χ1n) is 18.5. The van der Waals surface area contributed by atoms with Gasteiger partial charge in [0.2, 0.25) is 0 Å². The lowest BCUT2D eigenvalue weighted by Gasteiger charge is -2.07. The van der Waals surface area contributed by atoms with Crippen LogP contribution in [0.15, 0.2) is 42.7 Å². The van der Waals surface area contributed by atoms with Crippen LogP contribution in [0.1, 0.15) is 186 Å². The van der Waals surface area contributed by atoms with Crippen LogP contribution >= 0.6 is 0 Å². The van der Waals surface area contributed by atoms with Crippen molar-refractivity contribution in [1.29, 1.82) is 0 Å². The van der Waals surface area contributed by atoms with Gasteiger partial charge < -0.3 is 0 Å². The summed E-state index contributed by atoms with van der Waals surface area (Å²) in [7, 11) is 0. The molecule has 0 fully saturated rings. The van der Waals surface area contributed by atoms with Crippen LogP contribution in [0.25, 0.3) is 0 Å². The van der Waals surface area contributed by atoms with Crippen LogP contribution in [0.4, 0.5) is 0 Å². The quantitative estimate of drug-likeness (QED) is 0.0685. The molecule has 2 aromatic rings. The number of aryl methyl sites for hydroxylation is 1. The van der Waals surface area contributed by atoms with E-state index in [1.54, 1.807) is 0 Å². The van der Waals surface area contributed by atoms with E-state index in [0.29, 0.717) is 0 Å². The Bertz CT molecular complexity index is 808. The Balaban J connectivity index is 1.58. The van der Waals surface area contributed by atoms with Gasteiger partial charge >= 0.3 is 0 Å². The van der Waals surface area contributed by atoms with Gasteiger partial charge in [0.25, 0.3) is 5.82 Å². The highest BCUT2D eigenvalue weighted by atomic mass is 15.1. The Morgan fingerprint density at radius 1 is 0.488 bits per heavy atom. The Labute approximate surface area is 256 Å². The van der Waals surface area contributed by atoms with Crippen molar-refractivity contribution in [2.24, 2.45) is 0 Å². The molecule has 0 bridgehead atoms. The predicted octanol–water partition coefficient (Wildman–Crippen LogP) is 12.2. The van der Waals surface area contributed by atoms with E-state index in [1.807, 2.05) is 0 Å². The summed E-state index contributed by atoms with van der Waals surface area (Å²) in [4.78, 5) is 0. The molecule has 0 N–H and O–H groups in total. The molecule has 0 unspecified atom stereocenters. The van der Waals surface area contributed by atoms with Gasteiger partial charge in [0.1, 0.15) is 18.9 Å². The zero-order valence-electron chi connectivity index (χ0n) is 27.7. The van der Waals surface area contributed by atoms with E-state index in [9.17, 15) is 0 Å². The van der Waals surface area contributed by atoms with Crippen LogP contribution in [0.2, 0.25) is 0 Å². The summed E-state index contributed by atoms with van der Waals surface area (Å²) < 4.78 is 5.10. The van der Waals surface area contributed by atoms with Gasteiger partial charge in [0.05, 0.1) is 6.54 Å². The van der Waals surface area contributed by atoms with Crippen LogP contribution in [0.5, 0.6) is 0 Å². The van der Waals surface area contributed by atoms with Crippen LogP contribution < -0.4 is 4.57 Å². The van der Waals surface area contributed by atoms with Crippen molar-refractivity contribution in [2.45, 2.75) is 194 Å². The van der Waals surface area contributed by atoms with Crippen molar-refractivity contribution in [2.75, 3.05) is 0 Å². The molecular weight excluding hydrogens is 496 g/mol. The van der Waals surface area contributed by atoms with Crippen molar-refractivity contribution < 1.29 is 4.57 Å². The van der Waals surface area contributed by atoms with E-state index in [-0.39, 0.29) is 0 Å². The third-order valence-electron chi connectivity index (χ3n) is 9.04. The third kappa shape index (κ3) is 18.6. The molecule has 0 aliphatic heterocycles. The van der Waals surface area contributed by atoms with Gasteiger partial charge in [-0.25, -0.2) is 9.13 Å². The molecule has 0 radical (unpaired) electrons. The standard InChI is InChI=1S/C39H69N2/c1-3-5-7-9-11-13-14-15-16-17-18-19-21-23-25-30-34-40-35-36-41(37-38-31-27-26-28-32-38)39(40)33-29-24-22-20-12-10-8-6-4-2/h26-28,31-32,35-36H,3-25,29-30,33-34,37H2,1-2H3/q+1. The normalized spacial score (nSPS) is 11.5.